The Balaban J connectivity index is 1.52. The Labute approximate surface area is 193 Å². The number of carbonyl (C=O) groups excluding carboxylic acids is 1. The fourth-order valence-electron chi connectivity index (χ4n) is 3.67. The van der Waals surface area contributed by atoms with Crippen LogP contribution in [0.25, 0.3) is 0 Å². The van der Waals surface area contributed by atoms with E-state index >= 15 is 0 Å². The molecule has 1 N–H and O–H groups in total. The number of ether oxygens (including phenoxy) is 2. The van der Waals surface area contributed by atoms with Gasteiger partial charge in [0.1, 0.15) is 11.5 Å². The van der Waals surface area contributed by atoms with E-state index in [4.69, 9.17) is 9.47 Å². The van der Waals surface area contributed by atoms with Crippen LogP contribution >= 0.6 is 0 Å². The van der Waals surface area contributed by atoms with Gasteiger partial charge in [-0.05, 0) is 75.4 Å². The molecule has 0 aliphatic heterocycles. The summed E-state index contributed by atoms with van der Waals surface area (Å²) >= 11 is 0. The van der Waals surface area contributed by atoms with Crippen molar-refractivity contribution in [2.75, 3.05) is 11.9 Å². The fraction of sp³-hybridized carbons (Fsp3) is 0.185. The first-order chi connectivity index (χ1) is 16.0. The monoisotopic (exact) mass is 441 g/mol. The zero-order valence-corrected chi connectivity index (χ0v) is 19.0. The molecule has 168 valence electrons. The summed E-state index contributed by atoms with van der Waals surface area (Å²) in [6, 6.07) is 22.5. The van der Waals surface area contributed by atoms with Gasteiger partial charge in [0, 0.05) is 17.6 Å². The van der Waals surface area contributed by atoms with Gasteiger partial charge in [0.15, 0.2) is 5.75 Å². The van der Waals surface area contributed by atoms with Crippen LogP contribution in [0, 0.1) is 13.8 Å². The molecule has 33 heavy (non-hydrogen) atoms. The molecule has 2 heterocycles. The third kappa shape index (κ3) is 5.23. The number of nitrogens with one attached hydrogen (secondary N) is 1. The molecule has 6 heteroatoms. The van der Waals surface area contributed by atoms with E-state index in [9.17, 15) is 4.79 Å². The van der Waals surface area contributed by atoms with Crippen molar-refractivity contribution in [1.29, 1.82) is 0 Å². The van der Waals surface area contributed by atoms with Crippen LogP contribution in [0.15, 0.2) is 79.0 Å². The predicted molar refractivity (Wildman–Crippen MR) is 129 cm³/mol. The number of amides is 1. The third-order valence-corrected chi connectivity index (χ3v) is 5.36. The first-order valence-corrected chi connectivity index (χ1v) is 10.9. The van der Waals surface area contributed by atoms with Gasteiger partial charge in [0.05, 0.1) is 30.1 Å². The van der Waals surface area contributed by atoms with Crippen molar-refractivity contribution >= 4 is 11.6 Å². The molecule has 2 aromatic heterocycles. The van der Waals surface area contributed by atoms with Crippen LogP contribution < -0.4 is 14.8 Å². The van der Waals surface area contributed by atoms with E-state index in [1.165, 1.54) is 0 Å². The Bertz CT molecular complexity index is 1230. The maximum atomic E-state index is 13.2. The molecule has 0 atom stereocenters. The number of rotatable bonds is 8. The molecule has 0 spiro atoms. The molecule has 0 radical (unpaired) electrons. The van der Waals surface area contributed by atoms with Gasteiger partial charge in [0.25, 0.3) is 5.91 Å². The summed E-state index contributed by atoms with van der Waals surface area (Å²) in [7, 11) is 0. The Morgan fingerprint density at radius 3 is 2.42 bits per heavy atom. The minimum Gasteiger partial charge on any atom is -0.494 e. The third-order valence-electron chi connectivity index (χ3n) is 5.36. The van der Waals surface area contributed by atoms with E-state index in [0.29, 0.717) is 35.9 Å². The molecule has 1 amide bonds. The van der Waals surface area contributed by atoms with E-state index in [0.717, 1.165) is 22.8 Å². The molecule has 0 saturated heterocycles. The lowest BCUT2D eigenvalue weighted by Crippen LogP contribution is -2.14. The number of aromatic nitrogens is 2. The average molecular weight is 442 g/mol. The highest BCUT2D eigenvalue weighted by molar-refractivity contribution is 6.06. The molecule has 0 aliphatic rings. The second kappa shape index (κ2) is 10.0. The zero-order chi connectivity index (χ0) is 23.2. The highest BCUT2D eigenvalue weighted by Gasteiger charge is 2.18. The first-order valence-electron chi connectivity index (χ1n) is 10.9. The number of benzene rings is 2. The zero-order valence-electron chi connectivity index (χ0n) is 19.0. The highest BCUT2D eigenvalue weighted by Crippen LogP contribution is 2.31. The lowest BCUT2D eigenvalue weighted by Gasteiger charge is -2.13. The summed E-state index contributed by atoms with van der Waals surface area (Å²) in [5, 5.41) is 3.01. The van der Waals surface area contributed by atoms with Crippen molar-refractivity contribution in [2.24, 2.45) is 0 Å². The summed E-state index contributed by atoms with van der Waals surface area (Å²) in [6.45, 7) is 7.11. The van der Waals surface area contributed by atoms with E-state index in [2.05, 4.69) is 14.9 Å². The van der Waals surface area contributed by atoms with Crippen LogP contribution in [0.2, 0.25) is 0 Å². The quantitative estimate of drug-likeness (QED) is 0.365. The largest absolute Gasteiger partial charge is 0.494 e. The van der Waals surface area contributed by atoms with Gasteiger partial charge in [-0.25, -0.2) is 0 Å². The molecule has 4 aromatic rings. The average Bonchev–Trinajstić information content (AvgIpc) is 3.11. The van der Waals surface area contributed by atoms with E-state index in [1.807, 2.05) is 93.6 Å². The van der Waals surface area contributed by atoms with Crippen molar-refractivity contribution in [1.82, 2.24) is 9.55 Å². The predicted octanol–water partition coefficient (Wildman–Crippen LogP) is 5.99. The van der Waals surface area contributed by atoms with Crippen LogP contribution in [-0.2, 0) is 6.54 Å². The van der Waals surface area contributed by atoms with Crippen LogP contribution in [0.3, 0.4) is 0 Å². The van der Waals surface area contributed by atoms with Crippen LogP contribution in [0.4, 0.5) is 5.69 Å². The number of pyridine rings is 1. The molecule has 0 fully saturated rings. The molecule has 0 aliphatic carbocycles. The van der Waals surface area contributed by atoms with Crippen molar-refractivity contribution in [3.05, 3.63) is 102 Å². The summed E-state index contributed by atoms with van der Waals surface area (Å²) in [6.07, 6.45) is 1.78. The number of carbonyl (C=O) groups is 1. The Hall–Kier alpha value is -4.06. The summed E-state index contributed by atoms with van der Waals surface area (Å²) in [5.41, 5.74) is 4.06. The number of anilines is 1. The molecule has 4 rings (SSSR count). The van der Waals surface area contributed by atoms with Crippen LogP contribution in [0.1, 0.15) is 34.4 Å². The normalized spacial score (nSPS) is 10.6. The minimum atomic E-state index is -0.182. The number of nitrogens with zero attached hydrogens (tertiary/aromatic N) is 2. The van der Waals surface area contributed by atoms with E-state index < -0.39 is 0 Å². The molecule has 0 saturated carbocycles. The Kier molecular flexibility index (Phi) is 6.74. The standard InChI is InChI=1S/C27H27N3O3/c1-4-32-22-12-14-23(15-13-22)33-26-11-6-5-10-25(26)29-27(31)24-17-19(2)30(20(24)3)18-21-9-7-8-16-28-21/h5-17H,4,18H2,1-3H3,(H,29,31). The second-order valence-electron chi connectivity index (χ2n) is 7.65. The van der Waals surface area contributed by atoms with Gasteiger partial charge in [-0.15, -0.1) is 0 Å². The Morgan fingerprint density at radius 2 is 1.70 bits per heavy atom. The summed E-state index contributed by atoms with van der Waals surface area (Å²) < 4.78 is 13.6. The SMILES string of the molecule is CCOc1ccc(Oc2ccccc2NC(=O)c2cc(C)n(Cc3ccccn3)c2C)cc1. The maximum Gasteiger partial charge on any atom is 0.257 e. The van der Waals surface area contributed by atoms with Gasteiger partial charge >= 0.3 is 0 Å². The van der Waals surface area contributed by atoms with Crippen LogP contribution in [0.5, 0.6) is 17.2 Å². The van der Waals surface area contributed by atoms with Gasteiger partial charge in [-0.2, -0.15) is 0 Å². The number of hydrogen-bond acceptors (Lipinski definition) is 4. The number of para-hydroxylation sites is 2. The second-order valence-corrected chi connectivity index (χ2v) is 7.65. The summed E-state index contributed by atoms with van der Waals surface area (Å²) in [5.74, 6) is 1.83. The van der Waals surface area contributed by atoms with Gasteiger partial charge in [-0.1, -0.05) is 18.2 Å². The lowest BCUT2D eigenvalue weighted by molar-refractivity contribution is 0.102. The van der Waals surface area contributed by atoms with Gasteiger partial charge < -0.3 is 19.4 Å². The topological polar surface area (TPSA) is 65.4 Å². The van der Waals surface area contributed by atoms with Crippen molar-refractivity contribution in [2.45, 2.75) is 27.3 Å². The lowest BCUT2D eigenvalue weighted by atomic mass is 10.2. The fourth-order valence-corrected chi connectivity index (χ4v) is 3.67. The first kappa shape index (κ1) is 22.1. The van der Waals surface area contributed by atoms with E-state index in [1.54, 1.807) is 6.20 Å². The highest BCUT2D eigenvalue weighted by atomic mass is 16.5. The number of aryl methyl sites for hydroxylation is 1. The van der Waals surface area contributed by atoms with Gasteiger partial charge in [-0.3, -0.25) is 9.78 Å². The smallest absolute Gasteiger partial charge is 0.257 e. The van der Waals surface area contributed by atoms with Gasteiger partial charge in [0.2, 0.25) is 0 Å². The molecule has 6 nitrogen and oxygen atoms in total. The van der Waals surface area contributed by atoms with Crippen molar-refractivity contribution < 1.29 is 14.3 Å². The number of hydrogen-bond donors (Lipinski definition) is 1. The Morgan fingerprint density at radius 1 is 0.970 bits per heavy atom. The molecule has 0 unspecified atom stereocenters. The molecule has 0 bridgehead atoms. The maximum absolute atomic E-state index is 13.2. The minimum absolute atomic E-state index is 0.182. The van der Waals surface area contributed by atoms with Crippen molar-refractivity contribution in [3.63, 3.8) is 0 Å². The van der Waals surface area contributed by atoms with E-state index in [-0.39, 0.29) is 5.91 Å². The van der Waals surface area contributed by atoms with Crippen molar-refractivity contribution in [3.8, 4) is 17.2 Å². The molecule has 2 aromatic carbocycles. The van der Waals surface area contributed by atoms with Crippen LogP contribution in [-0.4, -0.2) is 22.1 Å². The molecular formula is C27H27N3O3. The summed E-state index contributed by atoms with van der Waals surface area (Å²) in [4.78, 5) is 17.6. The molecular weight excluding hydrogens is 414 g/mol.